The Morgan fingerprint density at radius 3 is 2.81 bits per heavy atom. The van der Waals surface area contributed by atoms with Crippen LogP contribution in [-0.4, -0.2) is 44.1 Å². The lowest BCUT2D eigenvalue weighted by Crippen LogP contribution is -2.21. The van der Waals surface area contributed by atoms with E-state index in [1.807, 2.05) is 18.2 Å². The molecule has 114 valence electrons. The number of hydrogen-bond donors (Lipinski definition) is 0. The first-order valence-electron chi connectivity index (χ1n) is 7.41. The maximum absolute atomic E-state index is 5.87. The van der Waals surface area contributed by atoms with Gasteiger partial charge >= 0.3 is 0 Å². The molecule has 1 saturated heterocycles. The first kappa shape index (κ1) is 16.0. The summed E-state index contributed by atoms with van der Waals surface area (Å²) in [4.78, 5) is 2.49. The molecular formula is C17H22ClNO2. The number of likely N-dealkylation sites (tertiary alicyclic amines) is 1. The summed E-state index contributed by atoms with van der Waals surface area (Å²) in [6.07, 6.45) is 3.70. The van der Waals surface area contributed by atoms with Crippen molar-refractivity contribution in [3.05, 3.63) is 23.8 Å². The van der Waals surface area contributed by atoms with E-state index in [1.165, 1.54) is 25.9 Å². The summed E-state index contributed by atoms with van der Waals surface area (Å²) < 4.78 is 11.1. The van der Waals surface area contributed by atoms with Crippen molar-refractivity contribution in [2.45, 2.75) is 19.3 Å². The summed E-state index contributed by atoms with van der Waals surface area (Å²) in [7, 11) is 1.64. The molecule has 1 aliphatic rings. The van der Waals surface area contributed by atoms with Crippen molar-refractivity contribution in [2.75, 3.05) is 39.2 Å². The average molecular weight is 308 g/mol. The monoisotopic (exact) mass is 307 g/mol. The first-order valence-corrected chi connectivity index (χ1v) is 7.95. The van der Waals surface area contributed by atoms with Crippen LogP contribution >= 0.6 is 11.6 Å². The summed E-state index contributed by atoms with van der Waals surface area (Å²) in [5.74, 6) is 7.77. The molecule has 21 heavy (non-hydrogen) atoms. The number of ether oxygens (including phenoxy) is 2. The number of hydrogen-bond acceptors (Lipinski definition) is 3. The van der Waals surface area contributed by atoms with Crippen molar-refractivity contribution in [3.8, 4) is 23.3 Å². The lowest BCUT2D eigenvalue weighted by Gasteiger charge is -2.15. The van der Waals surface area contributed by atoms with E-state index in [1.54, 1.807) is 7.11 Å². The van der Waals surface area contributed by atoms with Gasteiger partial charge in [-0.3, -0.25) is 0 Å². The topological polar surface area (TPSA) is 21.7 Å². The molecule has 0 aromatic heterocycles. The van der Waals surface area contributed by atoms with Crippen LogP contribution in [0.4, 0.5) is 0 Å². The predicted molar refractivity (Wildman–Crippen MR) is 86.4 cm³/mol. The van der Waals surface area contributed by atoms with Gasteiger partial charge in [-0.1, -0.05) is 11.8 Å². The summed E-state index contributed by atoms with van der Waals surface area (Å²) in [6.45, 7) is 4.28. The molecule has 0 atom stereocenters. The Morgan fingerprint density at radius 1 is 1.29 bits per heavy atom. The third-order valence-corrected chi connectivity index (χ3v) is 3.69. The number of methoxy groups -OCH3 is 1. The SMILES string of the molecule is COc1ccc(OCCCN2CCCC2)c(C#CCCl)c1. The molecule has 0 radical (unpaired) electrons. The minimum Gasteiger partial charge on any atom is -0.497 e. The minimum atomic E-state index is 0.311. The molecule has 0 bridgehead atoms. The Morgan fingerprint density at radius 2 is 2.10 bits per heavy atom. The van der Waals surface area contributed by atoms with E-state index < -0.39 is 0 Å². The number of nitrogens with zero attached hydrogens (tertiary/aromatic N) is 1. The highest BCUT2D eigenvalue weighted by Gasteiger charge is 2.10. The average Bonchev–Trinajstić information content (AvgIpc) is 3.03. The van der Waals surface area contributed by atoms with E-state index in [-0.39, 0.29) is 0 Å². The molecule has 1 aromatic rings. The Balaban J connectivity index is 1.88. The van der Waals surface area contributed by atoms with E-state index in [9.17, 15) is 0 Å². The highest BCUT2D eigenvalue weighted by molar-refractivity contribution is 6.19. The Labute approximate surface area is 132 Å². The summed E-state index contributed by atoms with van der Waals surface area (Å²) >= 11 is 5.63. The fourth-order valence-electron chi connectivity index (χ4n) is 2.46. The van der Waals surface area contributed by atoms with Gasteiger partial charge in [-0.2, -0.15) is 0 Å². The third-order valence-electron chi connectivity index (χ3n) is 3.55. The van der Waals surface area contributed by atoms with E-state index in [4.69, 9.17) is 21.1 Å². The molecule has 0 aliphatic carbocycles. The summed E-state index contributed by atoms with van der Waals surface area (Å²) in [5, 5.41) is 0. The molecule has 4 heteroatoms. The maximum atomic E-state index is 5.87. The molecule has 1 aliphatic heterocycles. The van der Waals surface area contributed by atoms with Crippen LogP contribution in [-0.2, 0) is 0 Å². The second-order valence-corrected chi connectivity index (χ2v) is 5.32. The van der Waals surface area contributed by atoms with Crippen LogP contribution in [0.15, 0.2) is 18.2 Å². The maximum Gasteiger partial charge on any atom is 0.135 e. The summed E-state index contributed by atoms with van der Waals surface area (Å²) in [6, 6.07) is 5.68. The molecule has 0 amide bonds. The van der Waals surface area contributed by atoms with Gasteiger partial charge in [-0.25, -0.2) is 0 Å². The van der Waals surface area contributed by atoms with Crippen LogP contribution in [0.1, 0.15) is 24.8 Å². The molecule has 1 heterocycles. The van der Waals surface area contributed by atoms with Gasteiger partial charge in [0, 0.05) is 6.54 Å². The lowest BCUT2D eigenvalue weighted by molar-refractivity contribution is 0.262. The van der Waals surface area contributed by atoms with Crippen molar-refractivity contribution in [2.24, 2.45) is 0 Å². The van der Waals surface area contributed by atoms with Gasteiger partial charge in [0.05, 0.1) is 25.2 Å². The molecular weight excluding hydrogens is 286 g/mol. The zero-order valence-electron chi connectivity index (χ0n) is 12.5. The highest BCUT2D eigenvalue weighted by atomic mass is 35.5. The van der Waals surface area contributed by atoms with Crippen LogP contribution in [0.2, 0.25) is 0 Å². The smallest absolute Gasteiger partial charge is 0.135 e. The molecule has 0 spiro atoms. The van der Waals surface area contributed by atoms with E-state index >= 15 is 0 Å². The second kappa shape index (κ2) is 8.81. The first-order chi connectivity index (χ1) is 10.3. The van der Waals surface area contributed by atoms with Crippen LogP contribution in [0, 0.1) is 11.8 Å². The predicted octanol–water partition coefficient (Wildman–Crippen LogP) is 3.15. The molecule has 0 saturated carbocycles. The van der Waals surface area contributed by atoms with Crippen molar-refractivity contribution >= 4 is 11.6 Å². The summed E-state index contributed by atoms with van der Waals surface area (Å²) in [5.41, 5.74) is 0.830. The van der Waals surface area contributed by atoms with Gasteiger partial charge in [-0.05, 0) is 50.6 Å². The van der Waals surface area contributed by atoms with Crippen molar-refractivity contribution in [1.82, 2.24) is 4.90 Å². The Bertz CT molecular complexity index is 501. The standard InChI is InChI=1S/C17H22ClNO2/c1-20-16-7-8-17(15(14-16)6-4-9-18)21-13-5-12-19-10-2-3-11-19/h7-8,14H,2-3,5,9-13H2,1H3. The van der Waals surface area contributed by atoms with Gasteiger partial charge in [0.15, 0.2) is 0 Å². The Hall–Kier alpha value is -1.37. The molecule has 0 N–H and O–H groups in total. The van der Waals surface area contributed by atoms with Crippen LogP contribution in [0.5, 0.6) is 11.5 Å². The highest BCUT2D eigenvalue weighted by Crippen LogP contribution is 2.23. The third kappa shape index (κ3) is 5.15. The fraction of sp³-hybridized carbons (Fsp3) is 0.529. The van der Waals surface area contributed by atoms with Gasteiger partial charge < -0.3 is 14.4 Å². The van der Waals surface area contributed by atoms with E-state index in [0.29, 0.717) is 12.5 Å². The van der Waals surface area contributed by atoms with Crippen LogP contribution in [0.25, 0.3) is 0 Å². The van der Waals surface area contributed by atoms with Crippen molar-refractivity contribution in [1.29, 1.82) is 0 Å². The quantitative estimate of drug-likeness (QED) is 0.458. The largest absolute Gasteiger partial charge is 0.497 e. The minimum absolute atomic E-state index is 0.311. The van der Waals surface area contributed by atoms with Crippen molar-refractivity contribution < 1.29 is 9.47 Å². The number of benzene rings is 1. The number of halogens is 1. The molecule has 0 unspecified atom stereocenters. The van der Waals surface area contributed by atoms with Crippen LogP contribution in [0.3, 0.4) is 0 Å². The van der Waals surface area contributed by atoms with Crippen LogP contribution < -0.4 is 9.47 Å². The molecule has 2 rings (SSSR count). The van der Waals surface area contributed by atoms with Gasteiger partial charge in [0.25, 0.3) is 0 Å². The zero-order chi connectivity index (χ0) is 14.9. The fourth-order valence-corrected chi connectivity index (χ4v) is 2.53. The van der Waals surface area contributed by atoms with Gasteiger partial charge in [-0.15, -0.1) is 11.6 Å². The van der Waals surface area contributed by atoms with E-state index in [0.717, 1.165) is 30.0 Å². The number of rotatable bonds is 6. The van der Waals surface area contributed by atoms with Gasteiger partial charge in [0.2, 0.25) is 0 Å². The second-order valence-electron chi connectivity index (χ2n) is 5.05. The molecule has 1 aromatic carbocycles. The molecule has 3 nitrogen and oxygen atoms in total. The van der Waals surface area contributed by atoms with E-state index in [2.05, 4.69) is 16.7 Å². The number of alkyl halides is 1. The zero-order valence-corrected chi connectivity index (χ0v) is 13.3. The van der Waals surface area contributed by atoms with Gasteiger partial charge in [0.1, 0.15) is 11.5 Å². The lowest BCUT2D eigenvalue weighted by atomic mass is 10.2. The normalized spacial score (nSPS) is 14.6. The molecule has 1 fully saturated rings. The Kier molecular flexibility index (Phi) is 6.72. The van der Waals surface area contributed by atoms with Crippen molar-refractivity contribution in [3.63, 3.8) is 0 Å².